The first kappa shape index (κ1) is 11.5. The van der Waals surface area contributed by atoms with Crippen LogP contribution in [0.1, 0.15) is 5.56 Å². The van der Waals surface area contributed by atoms with Gasteiger partial charge in [-0.25, -0.2) is 0 Å². The number of fused-ring (bicyclic) bond motifs is 1. The SMILES string of the molecule is Cc1ccc2c(ccn2CCN2CC3(COC3)C2)c1. The summed E-state index contributed by atoms with van der Waals surface area (Å²) < 4.78 is 7.69. The summed E-state index contributed by atoms with van der Waals surface area (Å²) in [4.78, 5) is 2.54. The second kappa shape index (κ2) is 4.09. The van der Waals surface area contributed by atoms with Crippen molar-refractivity contribution in [2.24, 2.45) is 5.41 Å². The van der Waals surface area contributed by atoms with Crippen LogP contribution in [-0.4, -0.2) is 42.3 Å². The maximum Gasteiger partial charge on any atom is 0.0569 e. The average Bonchev–Trinajstić information content (AvgIpc) is 2.67. The van der Waals surface area contributed by atoms with Gasteiger partial charge in [0.25, 0.3) is 0 Å². The predicted molar refractivity (Wildman–Crippen MR) is 76.4 cm³/mol. The molecule has 2 saturated heterocycles. The summed E-state index contributed by atoms with van der Waals surface area (Å²) >= 11 is 0. The van der Waals surface area contributed by atoms with Crippen molar-refractivity contribution in [1.29, 1.82) is 0 Å². The van der Waals surface area contributed by atoms with Crippen LogP contribution in [0.25, 0.3) is 10.9 Å². The van der Waals surface area contributed by atoms with E-state index in [1.54, 1.807) is 0 Å². The van der Waals surface area contributed by atoms with E-state index in [2.05, 4.69) is 46.9 Å². The summed E-state index contributed by atoms with van der Waals surface area (Å²) in [7, 11) is 0. The van der Waals surface area contributed by atoms with Crippen molar-refractivity contribution in [2.75, 3.05) is 32.8 Å². The standard InChI is InChI=1S/C16H20N2O/c1-13-2-3-15-14(8-13)4-5-18(15)7-6-17-9-16(10-17)11-19-12-16/h2-5,8H,6-7,9-12H2,1H3. The Kier molecular flexibility index (Phi) is 2.47. The van der Waals surface area contributed by atoms with Crippen LogP contribution >= 0.6 is 0 Å². The van der Waals surface area contributed by atoms with Gasteiger partial charge >= 0.3 is 0 Å². The number of benzene rings is 1. The number of hydrogen-bond acceptors (Lipinski definition) is 2. The third kappa shape index (κ3) is 1.88. The molecule has 1 aromatic carbocycles. The molecule has 0 bridgehead atoms. The van der Waals surface area contributed by atoms with E-state index >= 15 is 0 Å². The Morgan fingerprint density at radius 1 is 1.16 bits per heavy atom. The summed E-state index contributed by atoms with van der Waals surface area (Å²) in [5, 5.41) is 1.35. The van der Waals surface area contributed by atoms with Crippen molar-refractivity contribution in [3.63, 3.8) is 0 Å². The lowest BCUT2D eigenvalue weighted by atomic mass is 9.78. The molecule has 2 aliphatic rings. The van der Waals surface area contributed by atoms with E-state index < -0.39 is 0 Å². The maximum atomic E-state index is 5.32. The minimum Gasteiger partial charge on any atom is -0.380 e. The number of hydrogen-bond donors (Lipinski definition) is 0. The molecule has 100 valence electrons. The highest BCUT2D eigenvalue weighted by Crippen LogP contribution is 2.37. The zero-order chi connectivity index (χ0) is 12.9. The van der Waals surface area contributed by atoms with E-state index in [-0.39, 0.29) is 0 Å². The lowest BCUT2D eigenvalue weighted by Gasteiger charge is -2.55. The molecule has 0 saturated carbocycles. The number of ether oxygens (including phenoxy) is 1. The number of likely N-dealkylation sites (tertiary alicyclic amines) is 1. The van der Waals surface area contributed by atoms with Gasteiger partial charge < -0.3 is 14.2 Å². The topological polar surface area (TPSA) is 17.4 Å². The Bertz CT molecular complexity index is 604. The molecule has 4 rings (SSSR count). The summed E-state index contributed by atoms with van der Waals surface area (Å²) in [5.74, 6) is 0. The highest BCUT2D eigenvalue weighted by molar-refractivity contribution is 5.80. The van der Waals surface area contributed by atoms with Crippen LogP contribution in [0.5, 0.6) is 0 Å². The van der Waals surface area contributed by atoms with E-state index in [9.17, 15) is 0 Å². The first-order valence-corrected chi connectivity index (χ1v) is 7.10. The molecule has 0 radical (unpaired) electrons. The summed E-state index contributed by atoms with van der Waals surface area (Å²) in [6, 6.07) is 8.92. The summed E-state index contributed by atoms with van der Waals surface area (Å²) in [6.45, 7) is 8.81. The van der Waals surface area contributed by atoms with Crippen molar-refractivity contribution in [1.82, 2.24) is 9.47 Å². The molecular weight excluding hydrogens is 236 g/mol. The van der Waals surface area contributed by atoms with Crippen LogP contribution in [0.2, 0.25) is 0 Å². The van der Waals surface area contributed by atoms with Crippen LogP contribution in [-0.2, 0) is 11.3 Å². The third-order valence-corrected chi connectivity index (χ3v) is 4.52. The zero-order valence-electron chi connectivity index (χ0n) is 11.4. The van der Waals surface area contributed by atoms with Gasteiger partial charge in [0.15, 0.2) is 0 Å². The molecule has 3 nitrogen and oxygen atoms in total. The molecule has 0 N–H and O–H groups in total. The molecule has 0 atom stereocenters. The van der Waals surface area contributed by atoms with E-state index in [1.165, 1.54) is 29.6 Å². The quantitative estimate of drug-likeness (QED) is 0.838. The van der Waals surface area contributed by atoms with E-state index in [0.29, 0.717) is 5.41 Å². The fourth-order valence-electron chi connectivity index (χ4n) is 3.40. The molecule has 3 heterocycles. The number of rotatable bonds is 3. The smallest absolute Gasteiger partial charge is 0.0569 e. The Morgan fingerprint density at radius 2 is 2.00 bits per heavy atom. The molecule has 2 fully saturated rings. The minimum atomic E-state index is 0.538. The zero-order valence-corrected chi connectivity index (χ0v) is 11.4. The van der Waals surface area contributed by atoms with Gasteiger partial charge in [-0.2, -0.15) is 0 Å². The predicted octanol–water partition coefficient (Wildman–Crippen LogP) is 2.28. The van der Waals surface area contributed by atoms with Crippen LogP contribution in [0, 0.1) is 12.3 Å². The van der Waals surface area contributed by atoms with Crippen molar-refractivity contribution in [3.05, 3.63) is 36.0 Å². The Labute approximate surface area is 113 Å². The molecule has 3 heteroatoms. The van der Waals surface area contributed by atoms with Gasteiger partial charge in [-0.3, -0.25) is 0 Å². The highest BCUT2D eigenvalue weighted by atomic mass is 16.5. The van der Waals surface area contributed by atoms with Crippen LogP contribution in [0.4, 0.5) is 0 Å². The van der Waals surface area contributed by atoms with Crippen LogP contribution in [0.3, 0.4) is 0 Å². The molecule has 1 spiro atoms. The number of aromatic nitrogens is 1. The molecule has 19 heavy (non-hydrogen) atoms. The van der Waals surface area contributed by atoms with Crippen molar-refractivity contribution in [3.8, 4) is 0 Å². The second-order valence-corrected chi connectivity index (χ2v) is 6.27. The molecule has 0 amide bonds. The molecule has 0 aliphatic carbocycles. The van der Waals surface area contributed by atoms with Crippen molar-refractivity contribution >= 4 is 10.9 Å². The second-order valence-electron chi connectivity index (χ2n) is 6.27. The molecule has 2 aliphatic heterocycles. The van der Waals surface area contributed by atoms with E-state index in [1.807, 2.05) is 0 Å². The van der Waals surface area contributed by atoms with Gasteiger partial charge in [0.05, 0.1) is 13.2 Å². The summed E-state index contributed by atoms with van der Waals surface area (Å²) in [5.41, 5.74) is 3.23. The van der Waals surface area contributed by atoms with Gasteiger partial charge in [0, 0.05) is 43.3 Å². The Morgan fingerprint density at radius 3 is 2.74 bits per heavy atom. The van der Waals surface area contributed by atoms with Gasteiger partial charge in [0.1, 0.15) is 0 Å². The van der Waals surface area contributed by atoms with E-state index in [0.717, 1.165) is 26.3 Å². The largest absolute Gasteiger partial charge is 0.380 e. The van der Waals surface area contributed by atoms with Crippen molar-refractivity contribution < 1.29 is 4.74 Å². The van der Waals surface area contributed by atoms with Crippen LogP contribution < -0.4 is 0 Å². The Hall–Kier alpha value is -1.32. The fraction of sp³-hybridized carbons (Fsp3) is 0.500. The lowest BCUT2D eigenvalue weighted by molar-refractivity contribution is -0.189. The first-order chi connectivity index (χ1) is 9.24. The third-order valence-electron chi connectivity index (χ3n) is 4.52. The normalized spacial score (nSPS) is 21.5. The number of aryl methyl sites for hydroxylation is 1. The maximum absolute atomic E-state index is 5.32. The van der Waals surface area contributed by atoms with Gasteiger partial charge in [0.2, 0.25) is 0 Å². The van der Waals surface area contributed by atoms with E-state index in [4.69, 9.17) is 4.74 Å². The van der Waals surface area contributed by atoms with Gasteiger partial charge in [-0.15, -0.1) is 0 Å². The Balaban J connectivity index is 1.42. The van der Waals surface area contributed by atoms with Gasteiger partial charge in [-0.05, 0) is 30.5 Å². The average molecular weight is 256 g/mol. The molecular formula is C16H20N2O. The fourth-order valence-corrected chi connectivity index (χ4v) is 3.40. The summed E-state index contributed by atoms with van der Waals surface area (Å²) in [6.07, 6.45) is 2.21. The molecule has 1 aromatic heterocycles. The molecule has 0 unspecified atom stereocenters. The number of nitrogens with zero attached hydrogens (tertiary/aromatic N) is 2. The van der Waals surface area contributed by atoms with Crippen molar-refractivity contribution in [2.45, 2.75) is 13.5 Å². The monoisotopic (exact) mass is 256 g/mol. The lowest BCUT2D eigenvalue weighted by Crippen LogP contribution is -2.66. The van der Waals surface area contributed by atoms with Crippen LogP contribution in [0.15, 0.2) is 30.5 Å². The van der Waals surface area contributed by atoms with Gasteiger partial charge in [-0.1, -0.05) is 11.6 Å². The minimum absolute atomic E-state index is 0.538. The highest BCUT2D eigenvalue weighted by Gasteiger charge is 2.48. The molecule has 2 aromatic rings. The first-order valence-electron chi connectivity index (χ1n) is 7.10.